The smallest absolute Gasteiger partial charge is 0.222 e. The fraction of sp³-hybridized carbons (Fsp3) is 0.929. The molecule has 1 rings (SSSR count). The topological polar surface area (TPSA) is 35.6 Å². The van der Waals surface area contributed by atoms with Gasteiger partial charge in [0.15, 0.2) is 0 Å². The Hall–Kier alpha value is -0.610. The molecule has 1 saturated heterocycles. The van der Waals surface area contributed by atoms with Crippen molar-refractivity contribution in [2.24, 2.45) is 0 Å². The predicted octanol–water partition coefficient (Wildman–Crippen LogP) is 1.32. The number of amides is 1. The second-order valence-corrected chi connectivity index (χ2v) is 5.49. The fourth-order valence-corrected chi connectivity index (χ4v) is 2.51. The molecule has 4 heteroatoms. The van der Waals surface area contributed by atoms with E-state index < -0.39 is 0 Å². The van der Waals surface area contributed by atoms with E-state index in [1.54, 1.807) is 4.90 Å². The van der Waals surface area contributed by atoms with Gasteiger partial charge in [-0.15, -0.1) is 0 Å². The second-order valence-electron chi connectivity index (χ2n) is 5.49. The summed E-state index contributed by atoms with van der Waals surface area (Å²) in [5, 5.41) is 3.55. The number of nitrogens with zero attached hydrogens (tertiary/aromatic N) is 2. The summed E-state index contributed by atoms with van der Waals surface area (Å²) in [5.41, 5.74) is 0. The van der Waals surface area contributed by atoms with Gasteiger partial charge < -0.3 is 15.1 Å². The van der Waals surface area contributed by atoms with Crippen molar-refractivity contribution in [3.63, 3.8) is 0 Å². The van der Waals surface area contributed by atoms with Crippen LogP contribution in [0.2, 0.25) is 0 Å². The van der Waals surface area contributed by atoms with Crippen molar-refractivity contribution in [2.45, 2.75) is 45.1 Å². The number of carbonyl (C=O) groups is 1. The standard InChI is InChI=1S/C14H29N3O/c1-4-10-17(12-13-7-5-9-15-13)11-6-8-14(18)16(2)3/h13,15H,4-12H2,1-3H3. The minimum Gasteiger partial charge on any atom is -0.349 e. The Bertz CT molecular complexity index is 237. The number of hydrogen-bond acceptors (Lipinski definition) is 3. The van der Waals surface area contributed by atoms with Crippen LogP contribution in [0, 0.1) is 0 Å². The minimum atomic E-state index is 0.241. The summed E-state index contributed by atoms with van der Waals surface area (Å²) in [5.74, 6) is 0.241. The summed E-state index contributed by atoms with van der Waals surface area (Å²) in [6, 6.07) is 0.668. The summed E-state index contributed by atoms with van der Waals surface area (Å²) in [4.78, 5) is 15.7. The lowest BCUT2D eigenvalue weighted by Gasteiger charge is -2.25. The largest absolute Gasteiger partial charge is 0.349 e. The average molecular weight is 255 g/mol. The predicted molar refractivity (Wildman–Crippen MR) is 75.7 cm³/mol. The van der Waals surface area contributed by atoms with Gasteiger partial charge in [-0.1, -0.05) is 6.92 Å². The van der Waals surface area contributed by atoms with Gasteiger partial charge in [-0.2, -0.15) is 0 Å². The van der Waals surface area contributed by atoms with Crippen molar-refractivity contribution >= 4 is 5.91 Å². The van der Waals surface area contributed by atoms with Crippen LogP contribution < -0.4 is 5.32 Å². The lowest BCUT2D eigenvalue weighted by atomic mass is 10.2. The Balaban J connectivity index is 2.22. The van der Waals surface area contributed by atoms with Crippen LogP contribution in [0.5, 0.6) is 0 Å². The first-order valence-corrected chi connectivity index (χ1v) is 7.29. The first kappa shape index (κ1) is 15.4. The van der Waals surface area contributed by atoms with Gasteiger partial charge in [-0.25, -0.2) is 0 Å². The highest BCUT2D eigenvalue weighted by Gasteiger charge is 2.17. The Morgan fingerprint density at radius 2 is 2.11 bits per heavy atom. The maximum atomic E-state index is 11.5. The van der Waals surface area contributed by atoms with Gasteiger partial charge in [0.1, 0.15) is 0 Å². The Morgan fingerprint density at radius 3 is 2.67 bits per heavy atom. The molecular weight excluding hydrogens is 226 g/mol. The number of hydrogen-bond donors (Lipinski definition) is 1. The van der Waals surface area contributed by atoms with Crippen molar-refractivity contribution in [3.05, 3.63) is 0 Å². The molecule has 0 aromatic heterocycles. The normalized spacial score (nSPS) is 19.4. The third-order valence-corrected chi connectivity index (χ3v) is 3.54. The van der Waals surface area contributed by atoms with Crippen LogP contribution >= 0.6 is 0 Å². The van der Waals surface area contributed by atoms with E-state index in [1.807, 2.05) is 14.1 Å². The molecular formula is C14H29N3O. The highest BCUT2D eigenvalue weighted by molar-refractivity contribution is 5.75. The molecule has 1 heterocycles. The molecule has 18 heavy (non-hydrogen) atoms. The first-order valence-electron chi connectivity index (χ1n) is 7.29. The highest BCUT2D eigenvalue weighted by atomic mass is 16.2. The maximum absolute atomic E-state index is 11.5. The van der Waals surface area contributed by atoms with Crippen molar-refractivity contribution in [3.8, 4) is 0 Å². The van der Waals surface area contributed by atoms with Gasteiger partial charge in [-0.3, -0.25) is 4.79 Å². The van der Waals surface area contributed by atoms with E-state index in [0.717, 1.165) is 26.1 Å². The Morgan fingerprint density at radius 1 is 1.33 bits per heavy atom. The molecule has 1 unspecified atom stereocenters. The van der Waals surface area contributed by atoms with Crippen LogP contribution in [-0.2, 0) is 4.79 Å². The molecule has 0 spiro atoms. The zero-order valence-electron chi connectivity index (χ0n) is 12.2. The third-order valence-electron chi connectivity index (χ3n) is 3.54. The third kappa shape index (κ3) is 5.83. The highest BCUT2D eigenvalue weighted by Crippen LogP contribution is 2.08. The second kappa shape index (κ2) is 8.48. The molecule has 106 valence electrons. The molecule has 1 N–H and O–H groups in total. The lowest BCUT2D eigenvalue weighted by molar-refractivity contribution is -0.128. The van der Waals surface area contributed by atoms with Gasteiger partial charge >= 0.3 is 0 Å². The fourth-order valence-electron chi connectivity index (χ4n) is 2.51. The van der Waals surface area contributed by atoms with E-state index in [2.05, 4.69) is 17.1 Å². The molecule has 0 bridgehead atoms. The number of rotatable bonds is 8. The van der Waals surface area contributed by atoms with Gasteiger partial charge in [-0.05, 0) is 45.3 Å². The van der Waals surface area contributed by atoms with Crippen LogP contribution in [0.3, 0.4) is 0 Å². The number of carbonyl (C=O) groups excluding carboxylic acids is 1. The Labute approximate surface area is 112 Å². The summed E-state index contributed by atoms with van der Waals surface area (Å²) >= 11 is 0. The van der Waals surface area contributed by atoms with E-state index in [4.69, 9.17) is 0 Å². The molecule has 0 radical (unpaired) electrons. The SMILES string of the molecule is CCCN(CCCC(=O)N(C)C)CC1CCCN1. The van der Waals surface area contributed by atoms with Crippen LogP contribution in [0.25, 0.3) is 0 Å². The molecule has 0 aliphatic carbocycles. The van der Waals surface area contributed by atoms with Gasteiger partial charge in [0, 0.05) is 33.1 Å². The minimum absolute atomic E-state index is 0.241. The maximum Gasteiger partial charge on any atom is 0.222 e. The van der Waals surface area contributed by atoms with Gasteiger partial charge in [0.05, 0.1) is 0 Å². The molecule has 1 amide bonds. The van der Waals surface area contributed by atoms with Crippen molar-refractivity contribution < 1.29 is 4.79 Å². The van der Waals surface area contributed by atoms with Gasteiger partial charge in [0.25, 0.3) is 0 Å². The number of nitrogens with one attached hydrogen (secondary N) is 1. The molecule has 1 fully saturated rings. The molecule has 1 aliphatic heterocycles. The quantitative estimate of drug-likeness (QED) is 0.710. The average Bonchev–Trinajstić information content (AvgIpc) is 2.81. The van der Waals surface area contributed by atoms with Gasteiger partial charge in [0.2, 0.25) is 5.91 Å². The van der Waals surface area contributed by atoms with Crippen molar-refractivity contribution in [1.29, 1.82) is 0 Å². The van der Waals surface area contributed by atoms with E-state index in [-0.39, 0.29) is 5.91 Å². The summed E-state index contributed by atoms with van der Waals surface area (Å²) < 4.78 is 0. The molecule has 1 aliphatic rings. The monoisotopic (exact) mass is 255 g/mol. The molecule has 1 atom stereocenters. The zero-order valence-corrected chi connectivity index (χ0v) is 12.2. The van der Waals surface area contributed by atoms with E-state index in [0.29, 0.717) is 12.5 Å². The Kier molecular flexibility index (Phi) is 7.28. The molecule has 4 nitrogen and oxygen atoms in total. The van der Waals surface area contributed by atoms with Crippen LogP contribution in [0.4, 0.5) is 0 Å². The van der Waals surface area contributed by atoms with E-state index in [9.17, 15) is 4.79 Å². The first-order chi connectivity index (χ1) is 8.63. The van der Waals surface area contributed by atoms with E-state index >= 15 is 0 Å². The van der Waals surface area contributed by atoms with E-state index in [1.165, 1.54) is 25.8 Å². The van der Waals surface area contributed by atoms with Crippen LogP contribution in [0.15, 0.2) is 0 Å². The van der Waals surface area contributed by atoms with Crippen LogP contribution in [0.1, 0.15) is 39.0 Å². The zero-order chi connectivity index (χ0) is 13.4. The molecule has 0 saturated carbocycles. The van der Waals surface area contributed by atoms with Crippen molar-refractivity contribution in [1.82, 2.24) is 15.1 Å². The summed E-state index contributed by atoms with van der Waals surface area (Å²) in [6.07, 6.45) is 5.45. The summed E-state index contributed by atoms with van der Waals surface area (Å²) in [6.45, 7) is 6.73. The molecule has 0 aromatic carbocycles. The lowest BCUT2D eigenvalue weighted by Crippen LogP contribution is -2.38. The van der Waals surface area contributed by atoms with Crippen LogP contribution in [-0.4, -0.2) is 62.0 Å². The van der Waals surface area contributed by atoms with Crippen molar-refractivity contribution in [2.75, 3.05) is 40.3 Å². The molecule has 0 aromatic rings. The summed E-state index contributed by atoms with van der Waals surface area (Å²) in [7, 11) is 3.66.